The standard InChI is InChI=1S/C41H42N8O5S/c1-26-12-13-29(22-42-26)37-44-27(2)35(55-37)40(52)47-18-14-30(32(23-47)28-8-5-4-6-9-28)38(50)46-20-16-41(53,17-21-46)24-48-25-43-36-31(39(48)51)15-19-49(36)33-10-7-11-34(45-33)54-3/h4-13,15,19,22,25,30,32,53H,14,16-18,20-21,23-24H2,1-3H3/t30-,32+/m1/s1. The molecule has 55 heavy (non-hydrogen) atoms. The fourth-order valence-electron chi connectivity index (χ4n) is 7.78. The Bertz CT molecular complexity index is 2420. The van der Waals surface area contributed by atoms with E-state index in [-0.39, 0.29) is 35.8 Å². The number of carbonyl (C=O) groups is 2. The molecule has 0 radical (unpaired) electrons. The van der Waals surface area contributed by atoms with Crippen molar-refractivity contribution in [2.75, 3.05) is 33.3 Å². The van der Waals surface area contributed by atoms with Crippen molar-refractivity contribution in [3.8, 4) is 22.3 Å². The summed E-state index contributed by atoms with van der Waals surface area (Å²) in [5.74, 6) is 0.445. The van der Waals surface area contributed by atoms with Gasteiger partial charge >= 0.3 is 0 Å². The Morgan fingerprint density at radius 2 is 1.75 bits per heavy atom. The van der Waals surface area contributed by atoms with Crippen LogP contribution in [0.1, 0.15) is 51.8 Å². The number of amides is 2. The summed E-state index contributed by atoms with van der Waals surface area (Å²) in [5, 5.41) is 12.9. The minimum atomic E-state index is -1.19. The molecule has 1 N–H and O–H groups in total. The van der Waals surface area contributed by atoms with Gasteiger partial charge in [-0.1, -0.05) is 36.4 Å². The number of nitrogens with zero attached hydrogens (tertiary/aromatic N) is 8. The van der Waals surface area contributed by atoms with Gasteiger partial charge in [-0.2, -0.15) is 4.98 Å². The zero-order valence-electron chi connectivity index (χ0n) is 31.0. The number of thiazole rings is 1. The van der Waals surface area contributed by atoms with Crippen molar-refractivity contribution in [1.82, 2.24) is 38.9 Å². The Balaban J connectivity index is 0.950. The highest BCUT2D eigenvalue weighted by atomic mass is 32.1. The first-order valence-electron chi connectivity index (χ1n) is 18.4. The van der Waals surface area contributed by atoms with E-state index in [2.05, 4.69) is 15.0 Å². The highest BCUT2D eigenvalue weighted by Crippen LogP contribution is 2.37. The molecular formula is C41H42N8O5S. The first-order chi connectivity index (χ1) is 26.6. The third kappa shape index (κ3) is 7.14. The molecule has 5 aromatic heterocycles. The summed E-state index contributed by atoms with van der Waals surface area (Å²) in [6.07, 6.45) is 6.13. The lowest BCUT2D eigenvalue weighted by atomic mass is 9.79. The number of piperidine rings is 2. The van der Waals surface area contributed by atoms with E-state index >= 15 is 0 Å². The molecule has 13 nitrogen and oxygen atoms in total. The minimum absolute atomic E-state index is 0.0267. The predicted octanol–water partition coefficient (Wildman–Crippen LogP) is 5.03. The van der Waals surface area contributed by atoms with E-state index in [4.69, 9.17) is 9.72 Å². The van der Waals surface area contributed by atoms with Crippen LogP contribution in [0.15, 0.2) is 90.2 Å². The van der Waals surface area contributed by atoms with Gasteiger partial charge in [-0.05, 0) is 62.9 Å². The topological polar surface area (TPSA) is 149 Å². The molecule has 2 fully saturated rings. The van der Waals surface area contributed by atoms with E-state index in [1.54, 1.807) is 36.2 Å². The predicted molar refractivity (Wildman–Crippen MR) is 208 cm³/mol. The van der Waals surface area contributed by atoms with Crippen LogP contribution in [0, 0.1) is 19.8 Å². The fourth-order valence-corrected chi connectivity index (χ4v) is 8.81. The Morgan fingerprint density at radius 3 is 2.49 bits per heavy atom. The molecule has 0 saturated carbocycles. The maximum absolute atomic E-state index is 14.3. The number of hydrogen-bond donors (Lipinski definition) is 1. The van der Waals surface area contributed by atoms with Crippen LogP contribution in [-0.4, -0.2) is 94.7 Å². The summed E-state index contributed by atoms with van der Waals surface area (Å²) in [7, 11) is 1.54. The number of ether oxygens (including phenoxy) is 1. The molecular weight excluding hydrogens is 717 g/mol. The third-order valence-corrected chi connectivity index (χ3v) is 12.1. The number of pyridine rings is 2. The molecule has 2 aliphatic rings. The summed E-state index contributed by atoms with van der Waals surface area (Å²) in [6, 6.07) is 20.9. The van der Waals surface area contributed by atoms with Gasteiger partial charge in [0.1, 0.15) is 22.0 Å². The van der Waals surface area contributed by atoms with Crippen molar-refractivity contribution < 1.29 is 19.4 Å². The van der Waals surface area contributed by atoms with Crippen LogP contribution < -0.4 is 10.3 Å². The van der Waals surface area contributed by atoms with Crippen molar-refractivity contribution in [3.63, 3.8) is 0 Å². The number of aromatic nitrogens is 6. The van der Waals surface area contributed by atoms with E-state index in [1.807, 2.05) is 78.2 Å². The number of aliphatic hydroxyl groups is 1. The summed E-state index contributed by atoms with van der Waals surface area (Å²) < 4.78 is 8.43. The molecule has 2 atom stereocenters. The molecule has 6 aromatic rings. The quantitative estimate of drug-likeness (QED) is 0.226. The van der Waals surface area contributed by atoms with Crippen molar-refractivity contribution in [3.05, 3.63) is 118 Å². The second-order valence-electron chi connectivity index (χ2n) is 14.5. The van der Waals surface area contributed by atoms with Gasteiger partial charge < -0.3 is 19.6 Å². The second kappa shape index (κ2) is 14.8. The van der Waals surface area contributed by atoms with Crippen LogP contribution in [0.2, 0.25) is 0 Å². The Hall–Kier alpha value is -5.73. The molecule has 2 aliphatic heterocycles. The molecule has 0 bridgehead atoms. The van der Waals surface area contributed by atoms with Crippen molar-refractivity contribution in [1.29, 1.82) is 0 Å². The molecule has 2 amide bonds. The lowest BCUT2D eigenvalue weighted by Gasteiger charge is -2.43. The van der Waals surface area contributed by atoms with Crippen LogP contribution in [0.4, 0.5) is 0 Å². The monoisotopic (exact) mass is 758 g/mol. The van der Waals surface area contributed by atoms with Crippen LogP contribution in [0.25, 0.3) is 27.4 Å². The number of likely N-dealkylation sites (tertiary alicyclic amines) is 2. The number of rotatable bonds is 8. The maximum atomic E-state index is 14.3. The van der Waals surface area contributed by atoms with Crippen molar-refractivity contribution >= 4 is 34.2 Å². The first-order valence-corrected chi connectivity index (χ1v) is 19.3. The number of carbonyl (C=O) groups excluding carboxylic acids is 2. The lowest BCUT2D eigenvalue weighted by molar-refractivity contribution is -0.142. The van der Waals surface area contributed by atoms with E-state index < -0.39 is 5.60 Å². The largest absolute Gasteiger partial charge is 0.481 e. The summed E-state index contributed by atoms with van der Waals surface area (Å²) in [5.41, 5.74) is 2.49. The Labute approximate surface area is 321 Å². The molecule has 282 valence electrons. The van der Waals surface area contributed by atoms with Gasteiger partial charge in [0.05, 0.1) is 30.3 Å². The number of methoxy groups -OCH3 is 1. The average Bonchev–Trinajstić information content (AvgIpc) is 3.83. The number of aryl methyl sites for hydroxylation is 2. The lowest BCUT2D eigenvalue weighted by Crippen LogP contribution is -2.53. The number of hydrogen-bond acceptors (Lipinski definition) is 10. The molecule has 7 heterocycles. The SMILES string of the molecule is COc1cccc(-n2ccc3c(=O)n(CC4(O)CCN(C(=O)[C@@H]5CCN(C(=O)c6sc(-c7ccc(C)nc7)nc6C)C[C@H]5c5ccccc5)CC4)cnc32)n1. The molecule has 0 spiro atoms. The first kappa shape index (κ1) is 36.3. The number of benzene rings is 1. The molecule has 0 aliphatic carbocycles. The molecule has 1 aromatic carbocycles. The van der Waals surface area contributed by atoms with E-state index in [9.17, 15) is 19.5 Å². The maximum Gasteiger partial charge on any atom is 0.265 e. The Kier molecular flexibility index (Phi) is 9.78. The molecule has 0 unspecified atom stereocenters. The zero-order valence-corrected chi connectivity index (χ0v) is 31.8. The van der Waals surface area contributed by atoms with Gasteiger partial charge in [0, 0.05) is 67.7 Å². The van der Waals surface area contributed by atoms with E-state index in [0.29, 0.717) is 78.7 Å². The smallest absolute Gasteiger partial charge is 0.265 e. The molecule has 2 saturated heterocycles. The van der Waals surface area contributed by atoms with Gasteiger partial charge in [-0.25, -0.2) is 9.97 Å². The van der Waals surface area contributed by atoms with Gasteiger partial charge in [-0.3, -0.25) is 28.5 Å². The van der Waals surface area contributed by atoms with Crippen LogP contribution in [-0.2, 0) is 11.3 Å². The van der Waals surface area contributed by atoms with Gasteiger partial charge in [0.2, 0.25) is 11.8 Å². The molecule has 8 rings (SSSR count). The van der Waals surface area contributed by atoms with Crippen LogP contribution in [0.3, 0.4) is 0 Å². The van der Waals surface area contributed by atoms with Gasteiger partial charge in [0.25, 0.3) is 11.5 Å². The number of fused-ring (bicyclic) bond motifs is 1. The summed E-state index contributed by atoms with van der Waals surface area (Å²) in [6.45, 7) is 5.42. The summed E-state index contributed by atoms with van der Waals surface area (Å²) >= 11 is 1.38. The van der Waals surface area contributed by atoms with Crippen molar-refractivity contribution in [2.24, 2.45) is 5.92 Å². The fraction of sp³-hybridized carbons (Fsp3) is 0.341. The minimum Gasteiger partial charge on any atom is -0.481 e. The van der Waals surface area contributed by atoms with Crippen LogP contribution in [0.5, 0.6) is 5.88 Å². The van der Waals surface area contributed by atoms with Gasteiger partial charge in [-0.15, -0.1) is 11.3 Å². The van der Waals surface area contributed by atoms with E-state index in [0.717, 1.165) is 21.8 Å². The molecule has 14 heteroatoms. The van der Waals surface area contributed by atoms with E-state index in [1.165, 1.54) is 22.2 Å². The Morgan fingerprint density at radius 1 is 0.945 bits per heavy atom. The second-order valence-corrected chi connectivity index (χ2v) is 15.5. The summed E-state index contributed by atoms with van der Waals surface area (Å²) in [4.78, 5) is 64.3. The van der Waals surface area contributed by atoms with Crippen molar-refractivity contribution in [2.45, 2.75) is 51.2 Å². The zero-order chi connectivity index (χ0) is 38.3. The third-order valence-electron chi connectivity index (χ3n) is 10.9. The highest BCUT2D eigenvalue weighted by molar-refractivity contribution is 7.17. The van der Waals surface area contributed by atoms with Crippen LogP contribution >= 0.6 is 11.3 Å². The normalized spacial score (nSPS) is 18.4. The van der Waals surface area contributed by atoms with Gasteiger partial charge in [0.15, 0.2) is 5.65 Å². The average molecular weight is 759 g/mol. The highest BCUT2D eigenvalue weighted by Gasteiger charge is 2.42.